The number of alkyl carbamates (subject to hydrolysis) is 1. The minimum atomic E-state index is -1.52. The molecule has 0 saturated heterocycles. The van der Waals surface area contributed by atoms with Gasteiger partial charge in [-0.2, -0.15) is 0 Å². The molecule has 0 aromatic carbocycles. The predicted octanol–water partition coefficient (Wildman–Crippen LogP) is 1.44. The zero-order chi connectivity index (χ0) is 11.2. The van der Waals surface area contributed by atoms with Crippen LogP contribution in [0.5, 0.6) is 0 Å². The van der Waals surface area contributed by atoms with E-state index in [1.165, 1.54) is 0 Å². The van der Waals surface area contributed by atoms with Gasteiger partial charge < -0.3 is 14.8 Å². The van der Waals surface area contributed by atoms with Gasteiger partial charge in [-0.3, -0.25) is 0 Å². The Labute approximate surface area is 82.8 Å². The van der Waals surface area contributed by atoms with Crippen LogP contribution in [0.3, 0.4) is 0 Å². The van der Waals surface area contributed by atoms with E-state index in [1.807, 2.05) is 0 Å². The maximum absolute atomic E-state index is 12.4. The number of ether oxygens (including phenoxy) is 1. The number of hydrogen-bond donors (Lipinski definition) is 1. The van der Waals surface area contributed by atoms with Crippen molar-refractivity contribution >= 4 is 12.4 Å². The Morgan fingerprint density at radius 3 is 2.57 bits per heavy atom. The molecule has 82 valence electrons. The standard InChI is InChI=1S/C9H16FNO3/c1-9(2,3)14-8(13)11-5-4-7(10)6-12/h6-7H,4-5H2,1-3H3,(H,11,13). The van der Waals surface area contributed by atoms with Crippen molar-refractivity contribution in [3.8, 4) is 0 Å². The number of carbonyl (C=O) groups excluding carboxylic acids is 2. The number of carbonyl (C=O) groups is 2. The lowest BCUT2D eigenvalue weighted by Crippen LogP contribution is -2.33. The average Bonchev–Trinajstić information content (AvgIpc) is 2.00. The van der Waals surface area contributed by atoms with E-state index in [2.05, 4.69) is 5.32 Å². The van der Waals surface area contributed by atoms with E-state index >= 15 is 0 Å². The van der Waals surface area contributed by atoms with Crippen LogP contribution in [0.25, 0.3) is 0 Å². The fourth-order valence-electron chi connectivity index (χ4n) is 0.694. The Morgan fingerprint density at radius 2 is 2.14 bits per heavy atom. The highest BCUT2D eigenvalue weighted by molar-refractivity contribution is 5.67. The molecule has 0 aromatic heterocycles. The third kappa shape index (κ3) is 7.52. The molecular weight excluding hydrogens is 189 g/mol. The summed E-state index contributed by atoms with van der Waals surface area (Å²) in [6.45, 7) is 5.29. The second kappa shape index (κ2) is 5.57. The Morgan fingerprint density at radius 1 is 1.57 bits per heavy atom. The van der Waals surface area contributed by atoms with E-state index in [0.29, 0.717) is 0 Å². The van der Waals surface area contributed by atoms with E-state index in [1.54, 1.807) is 20.8 Å². The number of nitrogens with one attached hydrogen (secondary N) is 1. The second-order valence-electron chi connectivity index (χ2n) is 3.87. The molecule has 1 N–H and O–H groups in total. The number of aldehydes is 1. The third-order valence-electron chi connectivity index (χ3n) is 1.24. The minimum Gasteiger partial charge on any atom is -0.444 e. The van der Waals surface area contributed by atoms with Gasteiger partial charge in [0.25, 0.3) is 0 Å². The van der Waals surface area contributed by atoms with E-state index in [9.17, 15) is 14.0 Å². The van der Waals surface area contributed by atoms with Crippen molar-refractivity contribution in [2.24, 2.45) is 0 Å². The normalized spacial score (nSPS) is 13.1. The maximum Gasteiger partial charge on any atom is 0.407 e. The van der Waals surface area contributed by atoms with Crippen LogP contribution in [0.4, 0.5) is 9.18 Å². The number of amides is 1. The Hall–Kier alpha value is -1.13. The van der Waals surface area contributed by atoms with Crippen molar-refractivity contribution in [2.75, 3.05) is 6.54 Å². The van der Waals surface area contributed by atoms with Crippen LogP contribution < -0.4 is 5.32 Å². The fraction of sp³-hybridized carbons (Fsp3) is 0.778. The molecule has 0 aliphatic heterocycles. The lowest BCUT2D eigenvalue weighted by Gasteiger charge is -2.19. The molecule has 0 aliphatic carbocycles. The van der Waals surface area contributed by atoms with Gasteiger partial charge in [0.05, 0.1) is 0 Å². The number of hydrogen-bond acceptors (Lipinski definition) is 3. The number of halogens is 1. The summed E-state index contributed by atoms with van der Waals surface area (Å²) in [6.07, 6.45) is -1.94. The monoisotopic (exact) mass is 205 g/mol. The van der Waals surface area contributed by atoms with E-state index < -0.39 is 17.9 Å². The Kier molecular flexibility index (Phi) is 5.12. The summed E-state index contributed by atoms with van der Waals surface area (Å²) in [5.74, 6) is 0. The Balaban J connectivity index is 3.60. The van der Waals surface area contributed by atoms with Gasteiger partial charge in [-0.1, -0.05) is 0 Å². The van der Waals surface area contributed by atoms with Crippen LogP contribution in [0.2, 0.25) is 0 Å². The molecule has 14 heavy (non-hydrogen) atoms. The van der Waals surface area contributed by atoms with Crippen molar-refractivity contribution in [1.82, 2.24) is 5.32 Å². The predicted molar refractivity (Wildman–Crippen MR) is 49.8 cm³/mol. The first-order valence-corrected chi connectivity index (χ1v) is 4.41. The van der Waals surface area contributed by atoms with Gasteiger partial charge >= 0.3 is 6.09 Å². The molecule has 0 aliphatic rings. The van der Waals surface area contributed by atoms with Crippen molar-refractivity contribution in [3.05, 3.63) is 0 Å². The summed E-state index contributed by atoms with van der Waals surface area (Å²) in [5, 5.41) is 2.34. The summed E-state index contributed by atoms with van der Waals surface area (Å²) in [4.78, 5) is 20.9. The third-order valence-corrected chi connectivity index (χ3v) is 1.24. The van der Waals surface area contributed by atoms with Crippen LogP contribution >= 0.6 is 0 Å². The maximum atomic E-state index is 12.4. The van der Waals surface area contributed by atoms with Crippen LogP contribution in [-0.4, -0.2) is 30.7 Å². The molecule has 0 rings (SSSR count). The smallest absolute Gasteiger partial charge is 0.407 e. The zero-order valence-electron chi connectivity index (χ0n) is 8.67. The van der Waals surface area contributed by atoms with Gasteiger partial charge in [0.2, 0.25) is 0 Å². The molecule has 1 atom stereocenters. The fourth-order valence-corrected chi connectivity index (χ4v) is 0.694. The first-order valence-electron chi connectivity index (χ1n) is 4.41. The summed E-state index contributed by atoms with van der Waals surface area (Å²) < 4.78 is 17.3. The molecule has 1 unspecified atom stereocenters. The van der Waals surface area contributed by atoms with E-state index in [4.69, 9.17) is 4.74 Å². The SMILES string of the molecule is CC(C)(C)OC(=O)NCCC(F)C=O. The van der Waals surface area contributed by atoms with Gasteiger partial charge in [0.1, 0.15) is 5.60 Å². The topological polar surface area (TPSA) is 55.4 Å². The lowest BCUT2D eigenvalue weighted by atomic mass is 10.2. The van der Waals surface area contributed by atoms with Gasteiger partial charge in [-0.15, -0.1) is 0 Å². The van der Waals surface area contributed by atoms with Gasteiger partial charge in [0, 0.05) is 13.0 Å². The minimum absolute atomic E-state index is 0.0251. The first-order chi connectivity index (χ1) is 6.35. The highest BCUT2D eigenvalue weighted by Gasteiger charge is 2.15. The van der Waals surface area contributed by atoms with Crippen molar-refractivity contribution in [1.29, 1.82) is 0 Å². The summed E-state index contributed by atoms with van der Waals surface area (Å²) in [7, 11) is 0. The summed E-state index contributed by atoms with van der Waals surface area (Å²) in [5.41, 5.74) is -0.566. The molecule has 0 fully saturated rings. The van der Waals surface area contributed by atoms with Gasteiger partial charge in [-0.05, 0) is 20.8 Å². The first kappa shape index (κ1) is 12.9. The molecule has 0 radical (unpaired) electrons. The summed E-state index contributed by atoms with van der Waals surface area (Å²) in [6, 6.07) is 0. The van der Waals surface area contributed by atoms with Crippen LogP contribution in [0.15, 0.2) is 0 Å². The molecule has 5 heteroatoms. The van der Waals surface area contributed by atoms with E-state index in [0.717, 1.165) is 0 Å². The van der Waals surface area contributed by atoms with Crippen molar-refractivity contribution in [2.45, 2.75) is 39.0 Å². The second-order valence-corrected chi connectivity index (χ2v) is 3.87. The highest BCUT2D eigenvalue weighted by Crippen LogP contribution is 2.06. The van der Waals surface area contributed by atoms with Gasteiger partial charge in [0.15, 0.2) is 12.5 Å². The molecule has 0 spiro atoms. The van der Waals surface area contributed by atoms with E-state index in [-0.39, 0.29) is 19.3 Å². The largest absolute Gasteiger partial charge is 0.444 e. The molecule has 4 nitrogen and oxygen atoms in total. The molecule has 0 heterocycles. The number of alkyl halides is 1. The van der Waals surface area contributed by atoms with Crippen molar-refractivity contribution in [3.63, 3.8) is 0 Å². The molecule has 0 bridgehead atoms. The van der Waals surface area contributed by atoms with Crippen LogP contribution in [-0.2, 0) is 9.53 Å². The van der Waals surface area contributed by atoms with Crippen LogP contribution in [0.1, 0.15) is 27.2 Å². The lowest BCUT2D eigenvalue weighted by molar-refractivity contribution is -0.112. The van der Waals surface area contributed by atoms with Crippen LogP contribution in [0, 0.1) is 0 Å². The quantitative estimate of drug-likeness (QED) is 0.706. The summed E-state index contributed by atoms with van der Waals surface area (Å²) >= 11 is 0. The highest BCUT2D eigenvalue weighted by atomic mass is 19.1. The Bertz CT molecular complexity index is 201. The number of rotatable bonds is 4. The van der Waals surface area contributed by atoms with Gasteiger partial charge in [-0.25, -0.2) is 9.18 Å². The molecular formula is C9H16FNO3. The zero-order valence-corrected chi connectivity index (χ0v) is 8.67. The van der Waals surface area contributed by atoms with Crippen molar-refractivity contribution < 1.29 is 18.7 Å². The molecule has 0 saturated carbocycles. The molecule has 1 amide bonds. The molecule has 0 aromatic rings. The average molecular weight is 205 g/mol.